The molecule has 4 heterocycles. The molecule has 5 nitrogen and oxygen atoms in total. The van der Waals surface area contributed by atoms with Crippen molar-refractivity contribution in [2.45, 2.75) is 30.9 Å². The summed E-state index contributed by atoms with van der Waals surface area (Å²) in [7, 11) is 0. The molecule has 1 aromatic rings. The van der Waals surface area contributed by atoms with Gasteiger partial charge < -0.3 is 9.64 Å². The van der Waals surface area contributed by atoms with Crippen molar-refractivity contribution in [1.82, 2.24) is 14.8 Å². The minimum Gasteiger partial charge on any atom is -0.370 e. The van der Waals surface area contributed by atoms with E-state index in [1.165, 1.54) is 31.2 Å². The highest BCUT2D eigenvalue weighted by Crippen LogP contribution is 2.38. The molecule has 118 valence electrons. The van der Waals surface area contributed by atoms with Gasteiger partial charge in [-0.2, -0.15) is 0 Å². The summed E-state index contributed by atoms with van der Waals surface area (Å²) in [5.41, 5.74) is -0.305. The minimum atomic E-state index is -0.560. The van der Waals surface area contributed by atoms with Gasteiger partial charge in [0.1, 0.15) is 5.60 Å². The average molecular weight is 305 g/mol. The molecule has 1 spiro atoms. The van der Waals surface area contributed by atoms with Crippen LogP contribution < -0.4 is 0 Å². The summed E-state index contributed by atoms with van der Waals surface area (Å²) >= 11 is 0. The number of amides is 1. The van der Waals surface area contributed by atoms with E-state index in [0.717, 1.165) is 26.1 Å². The zero-order valence-corrected chi connectivity index (χ0v) is 12.5. The van der Waals surface area contributed by atoms with E-state index in [1.54, 1.807) is 4.90 Å². The molecule has 3 saturated heterocycles. The number of carbonyl (C=O) groups is 1. The molecule has 0 bridgehead atoms. The van der Waals surface area contributed by atoms with Crippen LogP contribution in [0.1, 0.15) is 29.8 Å². The molecule has 0 radical (unpaired) electrons. The summed E-state index contributed by atoms with van der Waals surface area (Å²) in [5.74, 6) is -0.896. The van der Waals surface area contributed by atoms with Crippen molar-refractivity contribution in [2.75, 3.05) is 32.8 Å². The van der Waals surface area contributed by atoms with Crippen molar-refractivity contribution < 1.29 is 13.9 Å². The van der Waals surface area contributed by atoms with E-state index in [1.807, 2.05) is 0 Å². The Kier molecular flexibility index (Phi) is 3.38. The Balaban J connectivity index is 1.38. The second kappa shape index (κ2) is 5.28. The average Bonchev–Trinajstić information content (AvgIpc) is 3.14. The molecule has 22 heavy (non-hydrogen) atoms. The summed E-state index contributed by atoms with van der Waals surface area (Å²) in [6.45, 7) is 4.16. The van der Waals surface area contributed by atoms with Gasteiger partial charge in [0.2, 0.25) is 0 Å². The smallest absolute Gasteiger partial charge is 0.275 e. The molecule has 0 aliphatic carbocycles. The fourth-order valence-corrected chi connectivity index (χ4v) is 3.87. The van der Waals surface area contributed by atoms with Crippen molar-refractivity contribution in [1.29, 1.82) is 0 Å². The van der Waals surface area contributed by atoms with Gasteiger partial charge in [0.25, 0.3) is 5.91 Å². The number of pyridine rings is 1. The van der Waals surface area contributed by atoms with Crippen molar-refractivity contribution >= 4 is 5.91 Å². The molecule has 3 fully saturated rings. The maximum Gasteiger partial charge on any atom is 0.275 e. The first-order valence-corrected chi connectivity index (χ1v) is 7.95. The first-order valence-electron chi connectivity index (χ1n) is 7.95. The Morgan fingerprint density at radius 3 is 2.86 bits per heavy atom. The van der Waals surface area contributed by atoms with Gasteiger partial charge in [-0.05, 0) is 44.5 Å². The predicted molar refractivity (Wildman–Crippen MR) is 78.0 cm³/mol. The van der Waals surface area contributed by atoms with E-state index in [9.17, 15) is 9.18 Å². The lowest BCUT2D eigenvalue weighted by Gasteiger charge is -2.47. The minimum absolute atomic E-state index is 0.0913. The summed E-state index contributed by atoms with van der Waals surface area (Å²) in [6, 6.07) is 3.24. The van der Waals surface area contributed by atoms with Gasteiger partial charge in [-0.25, -0.2) is 9.37 Å². The third kappa shape index (κ3) is 2.30. The van der Waals surface area contributed by atoms with E-state index in [4.69, 9.17) is 4.74 Å². The van der Waals surface area contributed by atoms with E-state index in [0.29, 0.717) is 19.1 Å². The van der Waals surface area contributed by atoms with Gasteiger partial charge in [0.15, 0.2) is 11.5 Å². The topological polar surface area (TPSA) is 45.7 Å². The van der Waals surface area contributed by atoms with Crippen LogP contribution in [-0.4, -0.2) is 65.1 Å². The van der Waals surface area contributed by atoms with Crippen LogP contribution in [0.4, 0.5) is 4.39 Å². The van der Waals surface area contributed by atoms with Crippen LogP contribution >= 0.6 is 0 Å². The van der Waals surface area contributed by atoms with E-state index in [-0.39, 0.29) is 17.2 Å². The van der Waals surface area contributed by atoms with E-state index >= 15 is 0 Å². The SMILES string of the molecule is O=C(c1ncccc1F)N1CC2(CC(N3CCCC3)CO2)C1. The fraction of sp³-hybridized carbons (Fsp3) is 0.625. The number of hydrogen-bond acceptors (Lipinski definition) is 4. The predicted octanol–water partition coefficient (Wildman–Crippen LogP) is 1.30. The van der Waals surface area contributed by atoms with Gasteiger partial charge in [-0.1, -0.05) is 0 Å². The van der Waals surface area contributed by atoms with Crippen LogP contribution in [0.5, 0.6) is 0 Å². The van der Waals surface area contributed by atoms with Crippen LogP contribution in [-0.2, 0) is 4.74 Å². The lowest BCUT2D eigenvalue weighted by molar-refractivity contribution is -0.0953. The monoisotopic (exact) mass is 305 g/mol. The highest BCUT2D eigenvalue weighted by Gasteiger charge is 2.52. The number of halogens is 1. The Bertz CT molecular complexity index is 583. The highest BCUT2D eigenvalue weighted by molar-refractivity contribution is 5.93. The van der Waals surface area contributed by atoms with Crippen LogP contribution in [0.25, 0.3) is 0 Å². The van der Waals surface area contributed by atoms with Crippen LogP contribution in [0.2, 0.25) is 0 Å². The molecule has 3 aliphatic heterocycles. The second-order valence-electron chi connectivity index (χ2n) is 6.59. The molecular formula is C16H20FN3O2. The number of carbonyl (C=O) groups excluding carboxylic acids is 1. The Morgan fingerprint density at radius 2 is 2.14 bits per heavy atom. The standard InChI is InChI=1S/C16H20FN3O2/c17-13-4-3-5-18-14(13)15(21)20-10-16(11-20)8-12(9-22-16)19-6-1-2-7-19/h3-5,12H,1-2,6-11H2. The lowest BCUT2D eigenvalue weighted by atomic mass is 9.88. The van der Waals surface area contributed by atoms with Crippen molar-refractivity contribution in [3.63, 3.8) is 0 Å². The molecular weight excluding hydrogens is 285 g/mol. The maximum atomic E-state index is 13.6. The number of ether oxygens (including phenoxy) is 1. The van der Waals surface area contributed by atoms with Gasteiger partial charge in [-0.15, -0.1) is 0 Å². The number of hydrogen-bond donors (Lipinski definition) is 0. The van der Waals surface area contributed by atoms with E-state index < -0.39 is 5.82 Å². The Labute approximate surface area is 129 Å². The Hall–Kier alpha value is -1.53. The zero-order chi connectivity index (χ0) is 15.2. The van der Waals surface area contributed by atoms with Gasteiger partial charge in [0, 0.05) is 12.2 Å². The van der Waals surface area contributed by atoms with Crippen LogP contribution in [0, 0.1) is 5.82 Å². The van der Waals surface area contributed by atoms with Crippen molar-refractivity contribution in [2.24, 2.45) is 0 Å². The molecule has 6 heteroatoms. The fourth-order valence-electron chi connectivity index (χ4n) is 3.87. The third-order valence-corrected chi connectivity index (χ3v) is 5.05. The summed E-state index contributed by atoms with van der Waals surface area (Å²) < 4.78 is 19.6. The number of rotatable bonds is 2. The summed E-state index contributed by atoms with van der Waals surface area (Å²) in [6.07, 6.45) is 4.96. The molecule has 4 rings (SSSR count). The van der Waals surface area contributed by atoms with E-state index in [2.05, 4.69) is 9.88 Å². The lowest BCUT2D eigenvalue weighted by Crippen LogP contribution is -2.63. The quantitative estimate of drug-likeness (QED) is 0.826. The van der Waals surface area contributed by atoms with Gasteiger partial charge in [-0.3, -0.25) is 9.69 Å². The zero-order valence-electron chi connectivity index (χ0n) is 12.5. The number of likely N-dealkylation sites (tertiary alicyclic amines) is 2. The first kappa shape index (κ1) is 14.1. The largest absolute Gasteiger partial charge is 0.370 e. The van der Waals surface area contributed by atoms with Gasteiger partial charge in [0.05, 0.1) is 19.7 Å². The van der Waals surface area contributed by atoms with Gasteiger partial charge >= 0.3 is 0 Å². The number of aromatic nitrogens is 1. The highest BCUT2D eigenvalue weighted by atomic mass is 19.1. The summed E-state index contributed by atoms with van der Waals surface area (Å²) in [4.78, 5) is 20.3. The van der Waals surface area contributed by atoms with Crippen LogP contribution in [0.3, 0.4) is 0 Å². The summed E-state index contributed by atoms with van der Waals surface area (Å²) in [5, 5.41) is 0. The normalized spacial score (nSPS) is 27.3. The molecule has 1 atom stereocenters. The molecule has 0 aromatic carbocycles. The van der Waals surface area contributed by atoms with Crippen molar-refractivity contribution in [3.8, 4) is 0 Å². The first-order chi connectivity index (χ1) is 10.7. The number of nitrogens with zero attached hydrogens (tertiary/aromatic N) is 3. The molecule has 1 aromatic heterocycles. The van der Waals surface area contributed by atoms with Crippen molar-refractivity contribution in [3.05, 3.63) is 29.8 Å². The molecule has 1 amide bonds. The Morgan fingerprint density at radius 1 is 1.36 bits per heavy atom. The second-order valence-corrected chi connectivity index (χ2v) is 6.59. The molecule has 1 unspecified atom stereocenters. The third-order valence-electron chi connectivity index (χ3n) is 5.05. The molecule has 0 N–H and O–H groups in total. The maximum absolute atomic E-state index is 13.6. The van der Waals surface area contributed by atoms with Crippen LogP contribution in [0.15, 0.2) is 18.3 Å². The molecule has 0 saturated carbocycles. The molecule has 3 aliphatic rings.